The van der Waals surface area contributed by atoms with Gasteiger partial charge in [-0.15, -0.1) is 12.4 Å². The van der Waals surface area contributed by atoms with Gasteiger partial charge in [0.15, 0.2) is 0 Å². The summed E-state index contributed by atoms with van der Waals surface area (Å²) in [4.78, 5) is 14.1. The fraction of sp³-hybridized carbons (Fsp3) is 0.929. The molecule has 0 heterocycles. The molecule has 1 atom stereocenters. The maximum atomic E-state index is 12.1. The van der Waals surface area contributed by atoms with Crippen LogP contribution in [0.1, 0.15) is 39.0 Å². The lowest BCUT2D eigenvalue weighted by atomic mass is 9.54. The number of hydrogen-bond donors (Lipinski definition) is 1. The Hall–Kier alpha value is -0.280. The Morgan fingerprint density at radius 2 is 1.56 bits per heavy atom. The fourth-order valence-corrected chi connectivity index (χ4v) is 5.00. The highest BCUT2D eigenvalue weighted by Gasteiger charge is 2.50. The molecule has 4 aliphatic rings. The van der Waals surface area contributed by atoms with Gasteiger partial charge in [-0.25, -0.2) is 0 Å². The summed E-state index contributed by atoms with van der Waals surface area (Å²) in [6.07, 6.45) is 6.88. The van der Waals surface area contributed by atoms with E-state index in [1.165, 1.54) is 32.1 Å². The Labute approximate surface area is 116 Å². The molecule has 0 unspecified atom stereocenters. The van der Waals surface area contributed by atoms with Gasteiger partial charge in [-0.3, -0.25) is 4.79 Å². The van der Waals surface area contributed by atoms with Crippen molar-refractivity contribution < 1.29 is 4.79 Å². The van der Waals surface area contributed by atoms with Gasteiger partial charge in [0.25, 0.3) is 0 Å². The van der Waals surface area contributed by atoms with Gasteiger partial charge in [0.2, 0.25) is 5.91 Å². The molecule has 4 saturated carbocycles. The van der Waals surface area contributed by atoms with Gasteiger partial charge in [-0.05, 0) is 62.7 Å². The predicted octanol–water partition coefficient (Wildman–Crippen LogP) is 2.04. The predicted molar refractivity (Wildman–Crippen MR) is 74.5 cm³/mol. The van der Waals surface area contributed by atoms with Gasteiger partial charge in [-0.2, -0.15) is 0 Å². The average Bonchev–Trinajstić information content (AvgIpc) is 2.26. The van der Waals surface area contributed by atoms with E-state index in [-0.39, 0.29) is 24.4 Å². The molecular weight excluding hydrogens is 248 g/mol. The summed E-state index contributed by atoms with van der Waals surface area (Å²) in [6, 6.07) is 0.137. The van der Waals surface area contributed by atoms with E-state index in [1.54, 1.807) is 6.92 Å². The molecule has 4 aliphatic carbocycles. The Morgan fingerprint density at radius 3 is 1.94 bits per heavy atom. The highest BCUT2D eigenvalue weighted by molar-refractivity contribution is 5.85. The van der Waals surface area contributed by atoms with Crippen LogP contribution in [0.25, 0.3) is 0 Å². The molecule has 4 heteroatoms. The quantitative estimate of drug-likeness (QED) is 0.836. The molecule has 0 aromatic rings. The number of amides is 1. The summed E-state index contributed by atoms with van der Waals surface area (Å²) in [7, 11) is 1.97. The largest absolute Gasteiger partial charge is 0.341 e. The van der Waals surface area contributed by atoms with Crippen LogP contribution >= 0.6 is 12.4 Å². The number of hydrogen-bond acceptors (Lipinski definition) is 2. The van der Waals surface area contributed by atoms with Gasteiger partial charge < -0.3 is 10.6 Å². The third-order valence-corrected chi connectivity index (χ3v) is 5.36. The number of likely N-dealkylation sites (N-methyl/N-ethyl adjacent to an activating group) is 1. The standard InChI is InChI=1S/C14H24N2O.ClH/c1-8(15)14(17)16(2)13-11-4-9-3-10(6-11)7-12(13)5-9;/h8-13H,3-7,15H2,1-2H3;1H/t8-,9?,10?,11?,12?,13?;/m1./s1. The van der Waals surface area contributed by atoms with Crippen molar-refractivity contribution in [2.24, 2.45) is 29.4 Å². The smallest absolute Gasteiger partial charge is 0.239 e. The molecule has 0 saturated heterocycles. The Bertz CT molecular complexity index is 304. The summed E-state index contributed by atoms with van der Waals surface area (Å²) < 4.78 is 0. The maximum absolute atomic E-state index is 12.1. The number of nitrogens with two attached hydrogens (primary N) is 1. The molecule has 4 bridgehead atoms. The summed E-state index contributed by atoms with van der Waals surface area (Å²) in [5.74, 6) is 3.58. The van der Waals surface area contributed by atoms with Crippen LogP contribution in [-0.2, 0) is 4.79 Å². The molecule has 1 amide bonds. The average molecular weight is 273 g/mol. The lowest BCUT2D eigenvalue weighted by Crippen LogP contribution is -2.58. The van der Waals surface area contributed by atoms with Gasteiger partial charge in [-0.1, -0.05) is 0 Å². The first-order valence-electron chi connectivity index (χ1n) is 7.08. The van der Waals surface area contributed by atoms with Crippen molar-refractivity contribution in [3.05, 3.63) is 0 Å². The molecule has 0 aromatic heterocycles. The molecule has 0 radical (unpaired) electrons. The minimum Gasteiger partial charge on any atom is -0.341 e. The Kier molecular flexibility index (Phi) is 3.93. The van der Waals surface area contributed by atoms with Crippen molar-refractivity contribution in [3.63, 3.8) is 0 Å². The third kappa shape index (κ3) is 2.16. The molecule has 4 rings (SSSR count). The fourth-order valence-electron chi connectivity index (χ4n) is 5.00. The molecule has 18 heavy (non-hydrogen) atoms. The van der Waals surface area contributed by atoms with E-state index in [4.69, 9.17) is 5.73 Å². The Balaban J connectivity index is 0.00000120. The summed E-state index contributed by atoms with van der Waals surface area (Å²) in [6.45, 7) is 1.80. The van der Waals surface area contributed by atoms with Crippen molar-refractivity contribution in [3.8, 4) is 0 Å². The minimum atomic E-state index is -0.350. The molecule has 0 aliphatic heterocycles. The van der Waals surface area contributed by atoms with Crippen LogP contribution < -0.4 is 5.73 Å². The van der Waals surface area contributed by atoms with Crippen LogP contribution in [0.4, 0.5) is 0 Å². The zero-order valence-corrected chi connectivity index (χ0v) is 12.2. The number of carbonyl (C=O) groups excluding carboxylic acids is 1. The second kappa shape index (κ2) is 5.01. The van der Waals surface area contributed by atoms with Crippen LogP contribution in [0.5, 0.6) is 0 Å². The number of nitrogens with zero attached hydrogens (tertiary/aromatic N) is 1. The number of carbonyl (C=O) groups is 1. The second-order valence-electron chi connectivity index (χ2n) is 6.66. The molecule has 3 nitrogen and oxygen atoms in total. The van der Waals surface area contributed by atoms with Crippen LogP contribution in [0.2, 0.25) is 0 Å². The zero-order chi connectivity index (χ0) is 12.2. The van der Waals surface area contributed by atoms with E-state index >= 15 is 0 Å². The number of halogens is 1. The summed E-state index contributed by atoms with van der Waals surface area (Å²) >= 11 is 0. The van der Waals surface area contributed by atoms with Crippen LogP contribution in [0.15, 0.2) is 0 Å². The van der Waals surface area contributed by atoms with Gasteiger partial charge in [0, 0.05) is 13.1 Å². The highest BCUT2D eigenvalue weighted by atomic mass is 35.5. The van der Waals surface area contributed by atoms with E-state index in [0.29, 0.717) is 6.04 Å². The molecule has 4 fully saturated rings. The van der Waals surface area contributed by atoms with Crippen molar-refractivity contribution in [1.29, 1.82) is 0 Å². The molecule has 0 spiro atoms. The first-order chi connectivity index (χ1) is 8.06. The topological polar surface area (TPSA) is 46.3 Å². The van der Waals surface area contributed by atoms with Crippen molar-refractivity contribution >= 4 is 18.3 Å². The normalized spacial score (nSPS) is 42.3. The van der Waals surface area contributed by atoms with Gasteiger partial charge in [0.05, 0.1) is 6.04 Å². The maximum Gasteiger partial charge on any atom is 0.239 e. The summed E-state index contributed by atoms with van der Waals surface area (Å²) in [5.41, 5.74) is 5.74. The van der Waals surface area contributed by atoms with E-state index in [9.17, 15) is 4.79 Å². The second-order valence-corrected chi connectivity index (χ2v) is 6.66. The van der Waals surface area contributed by atoms with Crippen molar-refractivity contribution in [2.75, 3.05) is 7.05 Å². The highest BCUT2D eigenvalue weighted by Crippen LogP contribution is 2.54. The first-order valence-corrected chi connectivity index (χ1v) is 7.08. The van der Waals surface area contributed by atoms with Crippen molar-refractivity contribution in [2.45, 2.75) is 51.1 Å². The lowest BCUT2D eigenvalue weighted by Gasteiger charge is -2.56. The lowest BCUT2D eigenvalue weighted by molar-refractivity contribution is -0.142. The van der Waals surface area contributed by atoms with Gasteiger partial charge in [0.1, 0.15) is 0 Å². The van der Waals surface area contributed by atoms with Gasteiger partial charge >= 0.3 is 0 Å². The SMILES string of the molecule is C[C@@H](N)C(=O)N(C)C1C2CC3CC(C2)CC1C3.Cl. The van der Waals surface area contributed by atoms with Crippen LogP contribution in [-0.4, -0.2) is 29.9 Å². The first kappa shape index (κ1) is 14.1. The molecule has 2 N–H and O–H groups in total. The molecule has 0 aromatic carbocycles. The molecular formula is C14H25ClN2O. The van der Waals surface area contributed by atoms with E-state index in [2.05, 4.69) is 0 Å². The number of rotatable bonds is 2. The Morgan fingerprint density at radius 1 is 1.11 bits per heavy atom. The monoisotopic (exact) mass is 272 g/mol. The van der Waals surface area contributed by atoms with E-state index in [1.807, 2.05) is 11.9 Å². The van der Waals surface area contributed by atoms with Crippen molar-refractivity contribution in [1.82, 2.24) is 4.90 Å². The molecule has 104 valence electrons. The zero-order valence-electron chi connectivity index (χ0n) is 11.3. The van der Waals surface area contributed by atoms with Crippen LogP contribution in [0, 0.1) is 23.7 Å². The summed E-state index contributed by atoms with van der Waals surface area (Å²) in [5, 5.41) is 0. The van der Waals surface area contributed by atoms with Crippen LogP contribution in [0.3, 0.4) is 0 Å². The minimum absolute atomic E-state index is 0. The van der Waals surface area contributed by atoms with E-state index < -0.39 is 0 Å². The third-order valence-electron chi connectivity index (χ3n) is 5.36. The van der Waals surface area contributed by atoms with E-state index in [0.717, 1.165) is 23.7 Å².